The number of ether oxygens (including phenoxy) is 2. The lowest BCUT2D eigenvalue weighted by Gasteiger charge is -2.36. The number of amides is 1. The van der Waals surface area contributed by atoms with E-state index in [2.05, 4.69) is 5.32 Å². The molecule has 8 nitrogen and oxygen atoms in total. The summed E-state index contributed by atoms with van der Waals surface area (Å²) < 4.78 is 9.93. The number of nitrogens with one attached hydrogen (secondary N) is 1. The number of hydrogen-bond donors (Lipinski definition) is 2. The molecule has 0 saturated carbocycles. The molecule has 1 saturated heterocycles. The van der Waals surface area contributed by atoms with Crippen molar-refractivity contribution < 1.29 is 24.5 Å². The van der Waals surface area contributed by atoms with Gasteiger partial charge in [-0.3, -0.25) is 14.5 Å². The Kier molecular flexibility index (Phi) is 8.13. The number of nitrogens with zero attached hydrogens (tertiary/aromatic N) is 1. The molecule has 9 heteroatoms. The SMILES string of the molecule is COC(=O)CN1CCC(NC(=O)c2cc(Cl)c(N)cc2OC)C(C)C1.O. The van der Waals surface area contributed by atoms with Crippen molar-refractivity contribution in [3.8, 4) is 5.75 Å². The van der Waals surface area contributed by atoms with Gasteiger partial charge in [0.05, 0.1) is 37.0 Å². The molecule has 0 radical (unpaired) electrons. The van der Waals surface area contributed by atoms with Gasteiger partial charge in [-0.1, -0.05) is 18.5 Å². The van der Waals surface area contributed by atoms with Crippen LogP contribution in [0.3, 0.4) is 0 Å². The minimum absolute atomic E-state index is 0. The van der Waals surface area contributed by atoms with Crippen LogP contribution >= 0.6 is 11.6 Å². The lowest BCUT2D eigenvalue weighted by atomic mass is 9.93. The summed E-state index contributed by atoms with van der Waals surface area (Å²) in [7, 11) is 2.86. The van der Waals surface area contributed by atoms with Crippen molar-refractivity contribution in [2.45, 2.75) is 19.4 Å². The number of hydrogen-bond acceptors (Lipinski definition) is 6. The van der Waals surface area contributed by atoms with Crippen molar-refractivity contribution in [3.05, 3.63) is 22.7 Å². The lowest BCUT2D eigenvalue weighted by Crippen LogP contribution is -2.51. The Balaban J connectivity index is 0.00000338. The molecule has 1 aliphatic rings. The van der Waals surface area contributed by atoms with E-state index in [-0.39, 0.29) is 35.9 Å². The number of carbonyl (C=O) groups excluding carboxylic acids is 2. The molecule has 0 aliphatic carbocycles. The maximum atomic E-state index is 12.6. The first-order valence-corrected chi connectivity index (χ1v) is 8.46. The molecule has 1 aromatic rings. The van der Waals surface area contributed by atoms with Crippen LogP contribution in [-0.2, 0) is 9.53 Å². The number of rotatable bonds is 5. The van der Waals surface area contributed by atoms with Gasteiger partial charge in [0.1, 0.15) is 5.75 Å². The highest BCUT2D eigenvalue weighted by Crippen LogP contribution is 2.29. The summed E-state index contributed by atoms with van der Waals surface area (Å²) in [6.07, 6.45) is 0.745. The molecule has 2 rings (SSSR count). The fourth-order valence-electron chi connectivity index (χ4n) is 3.00. The van der Waals surface area contributed by atoms with Crippen molar-refractivity contribution in [2.75, 3.05) is 39.6 Å². The van der Waals surface area contributed by atoms with E-state index in [1.54, 1.807) is 6.07 Å². The fraction of sp³-hybridized carbons (Fsp3) is 0.529. The second-order valence-corrected chi connectivity index (χ2v) is 6.64. The van der Waals surface area contributed by atoms with E-state index >= 15 is 0 Å². The van der Waals surface area contributed by atoms with E-state index in [0.717, 1.165) is 6.42 Å². The molecule has 2 unspecified atom stereocenters. The van der Waals surface area contributed by atoms with Crippen molar-refractivity contribution in [1.29, 1.82) is 0 Å². The monoisotopic (exact) mass is 387 g/mol. The number of nitrogen functional groups attached to an aromatic ring is 1. The topological polar surface area (TPSA) is 125 Å². The van der Waals surface area contributed by atoms with E-state index in [0.29, 0.717) is 35.1 Å². The lowest BCUT2D eigenvalue weighted by molar-refractivity contribution is -0.142. The number of likely N-dealkylation sites (tertiary alicyclic amines) is 1. The summed E-state index contributed by atoms with van der Waals surface area (Å²) in [6, 6.07) is 3.06. The van der Waals surface area contributed by atoms with Gasteiger partial charge < -0.3 is 26.0 Å². The number of esters is 1. The molecule has 1 aliphatic heterocycles. The molecule has 1 aromatic carbocycles. The molecule has 0 bridgehead atoms. The maximum Gasteiger partial charge on any atom is 0.319 e. The highest BCUT2D eigenvalue weighted by Gasteiger charge is 2.29. The Labute approximate surface area is 157 Å². The number of carbonyl (C=O) groups is 2. The molecule has 5 N–H and O–H groups in total. The van der Waals surface area contributed by atoms with Gasteiger partial charge in [-0.15, -0.1) is 0 Å². The van der Waals surface area contributed by atoms with Crippen LogP contribution in [0, 0.1) is 5.92 Å². The molecule has 26 heavy (non-hydrogen) atoms. The van der Waals surface area contributed by atoms with Gasteiger partial charge in [-0.2, -0.15) is 0 Å². The first kappa shape index (κ1) is 22.0. The number of halogens is 1. The van der Waals surface area contributed by atoms with Gasteiger partial charge in [0, 0.05) is 25.2 Å². The summed E-state index contributed by atoms with van der Waals surface area (Å²) in [6.45, 7) is 3.73. The molecule has 1 amide bonds. The zero-order valence-electron chi connectivity index (χ0n) is 15.2. The maximum absolute atomic E-state index is 12.6. The number of methoxy groups -OCH3 is 2. The molecule has 0 aromatic heterocycles. The third-order valence-corrected chi connectivity index (χ3v) is 4.78. The second kappa shape index (κ2) is 9.61. The predicted octanol–water partition coefficient (Wildman–Crippen LogP) is 0.719. The summed E-state index contributed by atoms with van der Waals surface area (Å²) in [4.78, 5) is 26.0. The largest absolute Gasteiger partial charge is 0.496 e. The van der Waals surface area contributed by atoms with E-state index in [1.807, 2.05) is 11.8 Å². The van der Waals surface area contributed by atoms with Crippen LogP contribution in [0.2, 0.25) is 5.02 Å². The zero-order chi connectivity index (χ0) is 18.6. The van der Waals surface area contributed by atoms with Gasteiger partial charge in [-0.05, 0) is 18.4 Å². The van der Waals surface area contributed by atoms with Gasteiger partial charge in [0.15, 0.2) is 0 Å². The Morgan fingerprint density at radius 1 is 1.38 bits per heavy atom. The quantitative estimate of drug-likeness (QED) is 0.566. The van der Waals surface area contributed by atoms with Crippen LogP contribution in [-0.4, -0.2) is 62.1 Å². The molecule has 1 heterocycles. The van der Waals surface area contributed by atoms with Crippen LogP contribution in [0.1, 0.15) is 23.7 Å². The fourth-order valence-corrected chi connectivity index (χ4v) is 3.16. The minimum Gasteiger partial charge on any atom is -0.496 e. The molecule has 0 spiro atoms. The average Bonchev–Trinajstić information content (AvgIpc) is 2.59. The molecular weight excluding hydrogens is 362 g/mol. The number of nitrogens with two attached hydrogens (primary N) is 1. The van der Waals surface area contributed by atoms with E-state index in [9.17, 15) is 9.59 Å². The third kappa shape index (κ3) is 5.23. The van der Waals surface area contributed by atoms with Gasteiger partial charge in [0.2, 0.25) is 0 Å². The molecule has 2 atom stereocenters. The Bertz CT molecular complexity index is 656. The Morgan fingerprint density at radius 3 is 2.65 bits per heavy atom. The van der Waals surface area contributed by atoms with Gasteiger partial charge >= 0.3 is 5.97 Å². The smallest absolute Gasteiger partial charge is 0.319 e. The highest BCUT2D eigenvalue weighted by molar-refractivity contribution is 6.33. The standard InChI is InChI=1S/C17H24ClN3O4.H2O/c1-10-8-21(9-16(22)25-3)5-4-14(10)20-17(23)11-6-12(18)13(19)7-15(11)24-2;/h6-7,10,14H,4-5,8-9,19H2,1-3H3,(H,20,23);1H2. The third-order valence-electron chi connectivity index (χ3n) is 4.45. The van der Waals surface area contributed by atoms with E-state index < -0.39 is 0 Å². The Morgan fingerprint density at radius 2 is 2.08 bits per heavy atom. The van der Waals surface area contributed by atoms with Gasteiger partial charge in [0.25, 0.3) is 5.91 Å². The molecular formula is C17H26ClN3O5. The van der Waals surface area contributed by atoms with Crippen LogP contribution in [0.4, 0.5) is 5.69 Å². The Hall–Kier alpha value is -2.03. The van der Waals surface area contributed by atoms with Crippen LogP contribution in [0.15, 0.2) is 12.1 Å². The number of benzene rings is 1. The highest BCUT2D eigenvalue weighted by atomic mass is 35.5. The average molecular weight is 388 g/mol. The number of anilines is 1. The zero-order valence-corrected chi connectivity index (χ0v) is 15.9. The van der Waals surface area contributed by atoms with Crippen LogP contribution < -0.4 is 15.8 Å². The summed E-state index contributed by atoms with van der Waals surface area (Å²) in [5, 5.41) is 3.34. The summed E-state index contributed by atoms with van der Waals surface area (Å²) in [5.74, 6) is 0.0701. The normalized spacial score (nSPS) is 20.0. The summed E-state index contributed by atoms with van der Waals surface area (Å²) >= 11 is 6.03. The van der Waals surface area contributed by atoms with E-state index in [4.69, 9.17) is 26.8 Å². The molecule has 1 fully saturated rings. The first-order chi connectivity index (χ1) is 11.8. The number of piperidine rings is 1. The second-order valence-electron chi connectivity index (χ2n) is 6.23. The summed E-state index contributed by atoms with van der Waals surface area (Å²) in [5.41, 5.74) is 6.46. The van der Waals surface area contributed by atoms with Crippen LogP contribution in [0.5, 0.6) is 5.75 Å². The molecule has 146 valence electrons. The van der Waals surface area contributed by atoms with Crippen molar-refractivity contribution in [3.63, 3.8) is 0 Å². The van der Waals surface area contributed by atoms with Crippen molar-refractivity contribution in [1.82, 2.24) is 10.2 Å². The first-order valence-electron chi connectivity index (χ1n) is 8.08. The van der Waals surface area contributed by atoms with Crippen molar-refractivity contribution >= 4 is 29.2 Å². The minimum atomic E-state index is -0.254. The van der Waals surface area contributed by atoms with Crippen LogP contribution in [0.25, 0.3) is 0 Å². The van der Waals surface area contributed by atoms with E-state index in [1.165, 1.54) is 20.3 Å². The predicted molar refractivity (Wildman–Crippen MR) is 99.5 cm³/mol. The van der Waals surface area contributed by atoms with Crippen molar-refractivity contribution in [2.24, 2.45) is 5.92 Å². The van der Waals surface area contributed by atoms with Gasteiger partial charge in [-0.25, -0.2) is 0 Å².